The number of nitrogens with zero attached hydrogens (tertiary/aromatic N) is 1. The molecule has 2 aliphatic rings. The van der Waals surface area contributed by atoms with E-state index in [2.05, 4.69) is 286 Å². The van der Waals surface area contributed by atoms with Crippen LogP contribution < -0.4 is 4.90 Å². The van der Waals surface area contributed by atoms with Crippen molar-refractivity contribution >= 4 is 66.1 Å². The molecule has 0 saturated heterocycles. The van der Waals surface area contributed by atoms with Crippen molar-refractivity contribution in [2.75, 3.05) is 4.90 Å². The quantitative estimate of drug-likeness (QED) is 0.0975. The molecule has 1 spiro atoms. The third kappa shape index (κ3) is 6.95. The summed E-state index contributed by atoms with van der Waals surface area (Å²) in [6.07, 6.45) is 14.7. The fourth-order valence-corrected chi connectivity index (χ4v) is 13.5. The zero-order valence-corrected chi connectivity index (χ0v) is 43.8. The first kappa shape index (κ1) is 46.7. The summed E-state index contributed by atoms with van der Waals surface area (Å²) in [5.74, 6) is 0. The number of hydrogen-bond donors (Lipinski definition) is 0. The van der Waals surface area contributed by atoms with Gasteiger partial charge in [-0.1, -0.05) is 238 Å². The van der Waals surface area contributed by atoms with Crippen LogP contribution in [0.4, 0.5) is 11.4 Å². The molecule has 78 heavy (non-hydrogen) atoms. The Kier molecular flexibility index (Phi) is 11.2. The minimum absolute atomic E-state index is 0.543. The van der Waals surface area contributed by atoms with Gasteiger partial charge in [-0.05, 0) is 188 Å². The highest BCUT2D eigenvalue weighted by molar-refractivity contribution is 6.22. The van der Waals surface area contributed by atoms with Crippen molar-refractivity contribution in [1.82, 2.24) is 0 Å². The zero-order valence-electron chi connectivity index (χ0n) is 43.8. The predicted octanol–water partition coefficient (Wildman–Crippen LogP) is 21.1. The average molecular weight is 994 g/mol. The van der Waals surface area contributed by atoms with Gasteiger partial charge in [0.2, 0.25) is 0 Å². The van der Waals surface area contributed by atoms with Crippen LogP contribution >= 0.6 is 0 Å². The first-order chi connectivity index (χ1) is 38.5. The maximum Gasteiger partial charge on any atom is 0.0731 e. The topological polar surface area (TPSA) is 3.24 Å². The fourth-order valence-electron chi connectivity index (χ4n) is 13.5. The molecule has 0 bridgehead atoms. The summed E-state index contributed by atoms with van der Waals surface area (Å²) in [6.45, 7) is 13.0. The van der Waals surface area contributed by atoms with Crippen molar-refractivity contribution in [1.29, 1.82) is 0 Å². The number of benzene rings is 12. The van der Waals surface area contributed by atoms with E-state index < -0.39 is 5.41 Å². The van der Waals surface area contributed by atoms with Gasteiger partial charge in [-0.2, -0.15) is 0 Å². The van der Waals surface area contributed by atoms with E-state index in [1.807, 2.05) is 19.2 Å². The zero-order chi connectivity index (χ0) is 52.5. The van der Waals surface area contributed by atoms with E-state index in [1.54, 1.807) is 0 Å². The molecule has 0 N–H and O–H groups in total. The third-order valence-corrected chi connectivity index (χ3v) is 16.6. The standard InChI is InChI=1S/C77H55N/c1-5-8-10-27-52-48-71-75(60-36-15-13-32-56(52)60)68-49-67(57-33-14-20-41-65(57)76(68)77(71)69-42-23-21-34-58(69)59-35-22-24-43-70(59)77)51-28-25-29-53(46-51)73-61-37-16-18-39-63(61)74(64-40-19-17-38-62(64)73)54-44-45-72(66(47-54)50(4)26-6-2)78(7-3)55-30-11-9-12-31-55/h5-49H,3-4H2,1-2H3/b8-5-,26-6-,27-10-. The SMILES string of the molecule is C=CN(c1ccccc1)c1ccc(-c2c3ccccc3c(-c3cccc(-c4cc5c(c6ccccc46)C4(c6ccccc6-c6ccccc64)c4cc(/C=C\C=C/C)c6ccccc6c4-5)c3)c3ccccc23)cc1C(=C)/C=C\C. The maximum atomic E-state index is 4.59. The Morgan fingerprint density at radius 2 is 0.949 bits per heavy atom. The second-order valence-electron chi connectivity index (χ2n) is 20.6. The lowest BCUT2D eigenvalue weighted by Gasteiger charge is -2.32. The smallest absolute Gasteiger partial charge is 0.0731 e. The monoisotopic (exact) mass is 993 g/mol. The summed E-state index contributed by atoms with van der Waals surface area (Å²) in [4.78, 5) is 2.15. The Hall–Kier alpha value is -9.82. The number of para-hydroxylation sites is 1. The van der Waals surface area contributed by atoms with Crippen LogP contribution in [0.1, 0.15) is 47.2 Å². The molecule has 14 rings (SSSR count). The summed E-state index contributed by atoms with van der Waals surface area (Å²) in [5, 5.41) is 9.84. The van der Waals surface area contributed by atoms with Crippen LogP contribution in [-0.4, -0.2) is 0 Å². The molecule has 0 saturated carbocycles. The number of anilines is 2. The Bertz CT molecular complexity index is 4460. The third-order valence-electron chi connectivity index (χ3n) is 16.6. The van der Waals surface area contributed by atoms with Gasteiger partial charge in [0.15, 0.2) is 0 Å². The molecule has 368 valence electrons. The molecule has 0 heterocycles. The molecule has 12 aromatic rings. The van der Waals surface area contributed by atoms with Gasteiger partial charge in [0.1, 0.15) is 0 Å². The highest BCUT2D eigenvalue weighted by Gasteiger charge is 2.53. The van der Waals surface area contributed by atoms with Gasteiger partial charge in [0, 0.05) is 17.5 Å². The van der Waals surface area contributed by atoms with E-state index in [1.165, 1.54) is 121 Å². The molecule has 1 nitrogen and oxygen atoms in total. The summed E-state index contributed by atoms with van der Waals surface area (Å²) in [5.41, 5.74) is 22.5. The van der Waals surface area contributed by atoms with Crippen molar-refractivity contribution in [2.45, 2.75) is 19.3 Å². The number of allylic oxidation sites excluding steroid dienone is 6. The molecule has 1 heteroatoms. The second-order valence-corrected chi connectivity index (χ2v) is 20.6. The average Bonchev–Trinajstić information content (AvgIpc) is 2.23. The second kappa shape index (κ2) is 18.8. The molecule has 0 atom stereocenters. The molecule has 0 radical (unpaired) electrons. The molecule has 0 fully saturated rings. The highest BCUT2D eigenvalue weighted by Crippen LogP contribution is 2.66. The predicted molar refractivity (Wildman–Crippen MR) is 336 cm³/mol. The number of fused-ring (bicyclic) bond motifs is 16. The van der Waals surface area contributed by atoms with Gasteiger partial charge in [0.05, 0.1) is 11.1 Å². The van der Waals surface area contributed by atoms with E-state index in [-0.39, 0.29) is 0 Å². The van der Waals surface area contributed by atoms with Crippen LogP contribution in [0.2, 0.25) is 0 Å². The van der Waals surface area contributed by atoms with Crippen LogP contribution in [0.5, 0.6) is 0 Å². The van der Waals surface area contributed by atoms with Gasteiger partial charge < -0.3 is 4.90 Å². The first-order valence-corrected chi connectivity index (χ1v) is 27.1. The van der Waals surface area contributed by atoms with Crippen molar-refractivity contribution in [3.05, 3.63) is 314 Å². The Labute approximate surface area is 457 Å². The fraction of sp³-hybridized carbons (Fsp3) is 0.0390. The Balaban J connectivity index is 1.01. The van der Waals surface area contributed by atoms with Crippen LogP contribution in [0.3, 0.4) is 0 Å². The molecule has 0 aliphatic heterocycles. The molecule has 2 aliphatic carbocycles. The minimum atomic E-state index is -0.543. The largest absolute Gasteiger partial charge is 0.317 e. The Morgan fingerprint density at radius 3 is 1.56 bits per heavy atom. The molecule has 0 unspecified atom stereocenters. The summed E-state index contributed by atoms with van der Waals surface area (Å²) in [7, 11) is 0. The van der Waals surface area contributed by atoms with E-state index >= 15 is 0 Å². The van der Waals surface area contributed by atoms with Gasteiger partial charge in [-0.15, -0.1) is 0 Å². The first-order valence-electron chi connectivity index (χ1n) is 27.1. The van der Waals surface area contributed by atoms with Crippen LogP contribution in [0, 0.1) is 0 Å². The van der Waals surface area contributed by atoms with E-state index in [4.69, 9.17) is 0 Å². The van der Waals surface area contributed by atoms with Crippen LogP contribution in [0.15, 0.2) is 280 Å². The lowest BCUT2D eigenvalue weighted by molar-refractivity contribution is 0.802. The van der Waals surface area contributed by atoms with E-state index in [9.17, 15) is 0 Å². The molecule has 0 aromatic heterocycles. The van der Waals surface area contributed by atoms with Gasteiger partial charge in [0.25, 0.3) is 0 Å². The number of hydrogen-bond acceptors (Lipinski definition) is 1. The van der Waals surface area contributed by atoms with Gasteiger partial charge >= 0.3 is 0 Å². The van der Waals surface area contributed by atoms with Gasteiger partial charge in [-0.3, -0.25) is 0 Å². The summed E-state index contributed by atoms with van der Waals surface area (Å²) < 4.78 is 0. The summed E-state index contributed by atoms with van der Waals surface area (Å²) in [6, 6.07) is 86.1. The van der Waals surface area contributed by atoms with Crippen LogP contribution in [0.25, 0.3) is 110 Å². The van der Waals surface area contributed by atoms with Gasteiger partial charge in [-0.25, -0.2) is 0 Å². The lowest BCUT2D eigenvalue weighted by atomic mass is 9.68. The van der Waals surface area contributed by atoms with Crippen molar-refractivity contribution in [2.24, 2.45) is 0 Å². The highest BCUT2D eigenvalue weighted by atomic mass is 15.1. The van der Waals surface area contributed by atoms with E-state index in [0.29, 0.717) is 0 Å². The van der Waals surface area contributed by atoms with Crippen LogP contribution in [-0.2, 0) is 5.41 Å². The summed E-state index contributed by atoms with van der Waals surface area (Å²) >= 11 is 0. The normalized spacial score (nSPS) is 13.1. The van der Waals surface area contributed by atoms with Crippen molar-refractivity contribution in [3.63, 3.8) is 0 Å². The van der Waals surface area contributed by atoms with Crippen molar-refractivity contribution < 1.29 is 0 Å². The molecule has 12 aromatic carbocycles. The van der Waals surface area contributed by atoms with E-state index in [0.717, 1.165) is 28.1 Å². The molecule has 0 amide bonds. The molecular weight excluding hydrogens is 939 g/mol. The maximum absolute atomic E-state index is 4.59. The lowest BCUT2D eigenvalue weighted by Crippen LogP contribution is -2.26. The number of rotatable bonds is 10. The van der Waals surface area contributed by atoms with Crippen molar-refractivity contribution in [3.8, 4) is 55.6 Å². The Morgan fingerprint density at radius 1 is 0.410 bits per heavy atom. The minimum Gasteiger partial charge on any atom is -0.317 e. The molecular formula is C77H55N.